The first-order valence-electron chi connectivity index (χ1n) is 7.91. The molecule has 0 rings (SSSR count). The number of carbonyl (C=O) groups is 2. The van der Waals surface area contributed by atoms with Gasteiger partial charge in [0.1, 0.15) is 12.6 Å². The Morgan fingerprint density at radius 3 is 1.33 bits per heavy atom. The largest absolute Gasteiger partial charge is 0.303 e. The lowest BCUT2D eigenvalue weighted by Gasteiger charge is -2.16. The zero-order chi connectivity index (χ0) is 16.2. The van der Waals surface area contributed by atoms with Crippen molar-refractivity contribution in [3.8, 4) is 0 Å². The van der Waals surface area contributed by atoms with E-state index in [2.05, 4.69) is 0 Å². The van der Waals surface area contributed by atoms with Gasteiger partial charge in [-0.05, 0) is 55.1 Å². The highest BCUT2D eigenvalue weighted by Gasteiger charge is 2.15. The zero-order valence-corrected chi connectivity index (χ0v) is 15.8. The smallest absolute Gasteiger partial charge is 0.125 e. The second-order valence-corrected chi connectivity index (χ2v) is 9.45. The summed E-state index contributed by atoms with van der Waals surface area (Å²) in [5, 5.41) is 0. The Kier molecular flexibility index (Phi) is 11.6. The van der Waals surface area contributed by atoms with Crippen LogP contribution in [-0.2, 0) is 9.59 Å². The maximum atomic E-state index is 10.8. The third-order valence-corrected chi connectivity index (χ3v) is 5.74. The summed E-state index contributed by atoms with van der Waals surface area (Å²) in [6, 6.07) is 0. The van der Waals surface area contributed by atoms with Gasteiger partial charge < -0.3 is 9.59 Å². The summed E-state index contributed by atoms with van der Waals surface area (Å²) in [6.07, 6.45) is 7.63. The van der Waals surface area contributed by atoms with Gasteiger partial charge in [-0.1, -0.05) is 27.7 Å². The van der Waals surface area contributed by atoms with Crippen molar-refractivity contribution in [3.63, 3.8) is 0 Å². The average molecular weight is 333 g/mol. The van der Waals surface area contributed by atoms with Crippen LogP contribution in [0, 0.1) is 10.8 Å². The molecule has 124 valence electrons. The van der Waals surface area contributed by atoms with Crippen molar-refractivity contribution in [2.24, 2.45) is 10.8 Å². The van der Waals surface area contributed by atoms with Gasteiger partial charge in [0, 0.05) is 10.8 Å². The molecular weight excluding hydrogens is 300 g/mol. The van der Waals surface area contributed by atoms with Gasteiger partial charge in [0.2, 0.25) is 0 Å². The van der Waals surface area contributed by atoms with E-state index in [4.69, 9.17) is 0 Å². The van der Waals surface area contributed by atoms with Crippen LogP contribution < -0.4 is 0 Å². The third-order valence-electron chi connectivity index (χ3n) is 3.44. The van der Waals surface area contributed by atoms with Crippen LogP contribution in [0.15, 0.2) is 0 Å². The molecule has 4 heteroatoms. The summed E-state index contributed by atoms with van der Waals surface area (Å²) in [5.74, 6) is 4.76. The summed E-state index contributed by atoms with van der Waals surface area (Å²) in [5.41, 5.74) is -0.294. The molecule has 0 fully saturated rings. The van der Waals surface area contributed by atoms with Crippen molar-refractivity contribution in [1.29, 1.82) is 0 Å². The molecule has 0 saturated heterocycles. The van der Waals surface area contributed by atoms with Gasteiger partial charge in [-0.25, -0.2) is 0 Å². The Hall–Kier alpha value is 0.0400. The Bertz CT molecular complexity index is 261. The summed E-state index contributed by atoms with van der Waals surface area (Å²) in [7, 11) is 0. The predicted molar refractivity (Wildman–Crippen MR) is 97.4 cm³/mol. The van der Waals surface area contributed by atoms with E-state index in [1.54, 1.807) is 0 Å². The number of hydrogen-bond donors (Lipinski definition) is 0. The van der Waals surface area contributed by atoms with E-state index in [9.17, 15) is 9.59 Å². The van der Waals surface area contributed by atoms with Gasteiger partial charge in [-0.15, -0.1) is 0 Å². The maximum absolute atomic E-state index is 10.8. The fourth-order valence-electron chi connectivity index (χ4n) is 1.84. The van der Waals surface area contributed by atoms with Gasteiger partial charge in [-0.3, -0.25) is 0 Å². The molecule has 0 aromatic carbocycles. The number of rotatable bonds is 14. The summed E-state index contributed by atoms with van der Waals surface area (Å²) in [4.78, 5) is 21.5. The first-order chi connectivity index (χ1) is 9.83. The third kappa shape index (κ3) is 13.4. The molecular formula is C17H32O2S2. The van der Waals surface area contributed by atoms with Crippen molar-refractivity contribution in [2.75, 3.05) is 23.0 Å². The Morgan fingerprint density at radius 2 is 1.00 bits per heavy atom. The lowest BCUT2D eigenvalue weighted by molar-refractivity contribution is -0.115. The number of thioether (sulfide) groups is 2. The number of aldehydes is 2. The monoisotopic (exact) mass is 332 g/mol. The Balaban J connectivity index is 3.27. The van der Waals surface area contributed by atoms with Crippen molar-refractivity contribution in [2.45, 2.75) is 59.8 Å². The van der Waals surface area contributed by atoms with E-state index in [0.717, 1.165) is 49.8 Å². The highest BCUT2D eigenvalue weighted by atomic mass is 32.2. The minimum Gasteiger partial charge on any atom is -0.303 e. The minimum absolute atomic E-state index is 0.147. The molecule has 0 bridgehead atoms. The predicted octanol–water partition coefficient (Wildman–Crippen LogP) is 4.85. The number of hydrogen-bond acceptors (Lipinski definition) is 4. The first-order valence-corrected chi connectivity index (χ1v) is 10.2. The number of carbonyl (C=O) groups excluding carboxylic acids is 2. The highest BCUT2D eigenvalue weighted by molar-refractivity contribution is 8.00. The van der Waals surface area contributed by atoms with Crippen LogP contribution in [0.5, 0.6) is 0 Å². The van der Waals surface area contributed by atoms with Crippen LogP contribution >= 0.6 is 23.5 Å². The van der Waals surface area contributed by atoms with Crippen LogP contribution in [0.1, 0.15) is 59.8 Å². The van der Waals surface area contributed by atoms with Crippen molar-refractivity contribution >= 4 is 36.1 Å². The molecule has 0 unspecified atom stereocenters. The normalized spacial score (nSPS) is 12.4. The fourth-order valence-corrected chi connectivity index (χ4v) is 3.83. The topological polar surface area (TPSA) is 34.1 Å². The fraction of sp³-hybridized carbons (Fsp3) is 0.882. The van der Waals surface area contributed by atoms with Crippen LogP contribution in [0.2, 0.25) is 0 Å². The van der Waals surface area contributed by atoms with Crippen LogP contribution in [0.25, 0.3) is 0 Å². The molecule has 0 heterocycles. The molecule has 21 heavy (non-hydrogen) atoms. The van der Waals surface area contributed by atoms with E-state index >= 15 is 0 Å². The minimum atomic E-state index is -0.147. The molecule has 0 atom stereocenters. The lowest BCUT2D eigenvalue weighted by atomic mass is 9.90. The summed E-state index contributed by atoms with van der Waals surface area (Å²) < 4.78 is 0. The van der Waals surface area contributed by atoms with E-state index in [0.29, 0.717) is 0 Å². The van der Waals surface area contributed by atoms with Crippen molar-refractivity contribution in [3.05, 3.63) is 0 Å². The van der Waals surface area contributed by atoms with Crippen LogP contribution in [0.3, 0.4) is 0 Å². The quantitative estimate of drug-likeness (QED) is 0.336. The molecule has 0 saturated carbocycles. The molecule has 0 aliphatic rings. The SMILES string of the molecule is CC(C)(C=O)CCCSCCCSCCCC(C)(C)C=O. The molecule has 0 amide bonds. The first kappa shape index (κ1) is 21.0. The van der Waals surface area contributed by atoms with E-state index in [1.807, 2.05) is 51.2 Å². The van der Waals surface area contributed by atoms with Gasteiger partial charge in [0.15, 0.2) is 0 Å². The second-order valence-electron chi connectivity index (χ2n) is 7.00. The summed E-state index contributed by atoms with van der Waals surface area (Å²) in [6.45, 7) is 8.03. The maximum Gasteiger partial charge on any atom is 0.125 e. The van der Waals surface area contributed by atoms with E-state index in [-0.39, 0.29) is 10.8 Å². The van der Waals surface area contributed by atoms with Crippen molar-refractivity contribution in [1.82, 2.24) is 0 Å². The molecule has 0 aromatic rings. The zero-order valence-electron chi connectivity index (χ0n) is 14.2. The van der Waals surface area contributed by atoms with E-state index in [1.165, 1.54) is 17.9 Å². The molecule has 0 aromatic heterocycles. The molecule has 0 spiro atoms. The lowest BCUT2D eigenvalue weighted by Crippen LogP contribution is -2.12. The average Bonchev–Trinajstić information content (AvgIpc) is 2.44. The van der Waals surface area contributed by atoms with Gasteiger partial charge >= 0.3 is 0 Å². The summed E-state index contributed by atoms with van der Waals surface area (Å²) >= 11 is 4.00. The molecule has 0 aliphatic heterocycles. The van der Waals surface area contributed by atoms with Gasteiger partial charge in [0.25, 0.3) is 0 Å². The molecule has 0 aliphatic carbocycles. The molecule has 0 N–H and O–H groups in total. The van der Waals surface area contributed by atoms with E-state index < -0.39 is 0 Å². The second kappa shape index (κ2) is 11.6. The van der Waals surface area contributed by atoms with Gasteiger partial charge in [0.05, 0.1) is 0 Å². The Morgan fingerprint density at radius 1 is 0.667 bits per heavy atom. The molecule has 0 radical (unpaired) electrons. The Labute approximate surface area is 139 Å². The van der Waals surface area contributed by atoms with Crippen LogP contribution in [-0.4, -0.2) is 35.6 Å². The molecule has 2 nitrogen and oxygen atoms in total. The van der Waals surface area contributed by atoms with Crippen LogP contribution in [0.4, 0.5) is 0 Å². The van der Waals surface area contributed by atoms with Gasteiger partial charge in [-0.2, -0.15) is 23.5 Å². The van der Waals surface area contributed by atoms with Crippen molar-refractivity contribution < 1.29 is 9.59 Å². The highest BCUT2D eigenvalue weighted by Crippen LogP contribution is 2.22. The standard InChI is InChI=1S/C17H32O2S2/c1-16(2,14-18)8-5-10-20-12-7-13-21-11-6-9-17(3,4)15-19/h14-15H,5-13H2,1-4H3.